The molecule has 0 saturated carbocycles. The molecule has 1 N–H and O–H groups in total. The summed E-state index contributed by atoms with van der Waals surface area (Å²) in [5.41, 5.74) is 0.586. The number of carbonyl (C=O) groups excluding carboxylic acids is 1. The van der Waals surface area contributed by atoms with Crippen molar-refractivity contribution in [3.05, 3.63) is 60.2 Å². The largest absolute Gasteiger partial charge is 0.457 e. The van der Waals surface area contributed by atoms with Gasteiger partial charge in [-0.25, -0.2) is 0 Å². The van der Waals surface area contributed by atoms with Crippen LogP contribution in [0.15, 0.2) is 54.6 Å². The smallest absolute Gasteiger partial charge is 0.255 e. The first-order valence-electron chi connectivity index (χ1n) is 9.11. The van der Waals surface area contributed by atoms with Gasteiger partial charge in [0.2, 0.25) is 0 Å². The molecule has 1 fully saturated rings. The molecular formula is C21H26N2O2. The predicted octanol–water partition coefficient (Wildman–Crippen LogP) is 4.08. The average molecular weight is 338 g/mol. The highest BCUT2D eigenvalue weighted by Crippen LogP contribution is 2.25. The molecule has 3 rings (SSSR count). The van der Waals surface area contributed by atoms with Crippen LogP contribution in [-0.2, 0) is 0 Å². The van der Waals surface area contributed by atoms with E-state index in [0.717, 1.165) is 38.2 Å². The maximum Gasteiger partial charge on any atom is 0.255 e. The van der Waals surface area contributed by atoms with Crippen LogP contribution in [0.2, 0.25) is 0 Å². The molecule has 1 saturated heterocycles. The molecule has 1 aliphatic rings. The number of piperidine rings is 1. The lowest BCUT2D eigenvalue weighted by Gasteiger charge is -2.32. The number of nitrogens with one attached hydrogen (secondary N) is 1. The van der Waals surface area contributed by atoms with Gasteiger partial charge < -0.3 is 15.0 Å². The normalized spacial score (nSPS) is 15.7. The van der Waals surface area contributed by atoms with Gasteiger partial charge in [-0.15, -0.1) is 0 Å². The van der Waals surface area contributed by atoms with Gasteiger partial charge in [0.25, 0.3) is 5.91 Å². The van der Waals surface area contributed by atoms with Crippen molar-refractivity contribution >= 4 is 5.91 Å². The van der Waals surface area contributed by atoms with Crippen LogP contribution in [0.1, 0.15) is 36.5 Å². The molecular weight excluding hydrogens is 312 g/mol. The fraction of sp³-hybridized carbons (Fsp3) is 0.381. The molecule has 1 amide bonds. The third kappa shape index (κ3) is 4.83. The number of nitrogens with zero attached hydrogens (tertiary/aromatic N) is 1. The molecule has 132 valence electrons. The van der Waals surface area contributed by atoms with Crippen molar-refractivity contribution in [3.8, 4) is 11.5 Å². The number of likely N-dealkylation sites (tertiary alicyclic amines) is 1. The van der Waals surface area contributed by atoms with E-state index in [1.54, 1.807) is 0 Å². The zero-order valence-electron chi connectivity index (χ0n) is 14.8. The number of hydrogen-bond donors (Lipinski definition) is 1. The Labute approximate surface area is 149 Å². The van der Waals surface area contributed by atoms with Crippen LogP contribution in [0.4, 0.5) is 0 Å². The summed E-state index contributed by atoms with van der Waals surface area (Å²) in [5.74, 6) is 1.27. The number of rotatable bonds is 6. The summed E-state index contributed by atoms with van der Waals surface area (Å²) in [7, 11) is 0. The van der Waals surface area contributed by atoms with Crippen LogP contribution in [0.3, 0.4) is 0 Å². The molecule has 4 nitrogen and oxygen atoms in total. The van der Waals surface area contributed by atoms with E-state index in [2.05, 4.69) is 17.1 Å². The third-order valence-electron chi connectivity index (χ3n) is 4.57. The Bertz CT molecular complexity index is 679. The average Bonchev–Trinajstić information content (AvgIpc) is 2.65. The van der Waals surface area contributed by atoms with Crippen molar-refractivity contribution in [2.75, 3.05) is 19.6 Å². The minimum Gasteiger partial charge on any atom is -0.457 e. The molecule has 1 aliphatic heterocycles. The fourth-order valence-corrected chi connectivity index (χ4v) is 3.24. The van der Waals surface area contributed by atoms with Gasteiger partial charge in [0.15, 0.2) is 0 Å². The van der Waals surface area contributed by atoms with E-state index < -0.39 is 0 Å². The zero-order valence-corrected chi connectivity index (χ0v) is 14.8. The maximum atomic E-state index is 12.7. The number of amides is 1. The molecule has 0 aromatic heterocycles. The monoisotopic (exact) mass is 338 g/mol. The van der Waals surface area contributed by atoms with Crippen molar-refractivity contribution in [1.82, 2.24) is 10.2 Å². The quantitative estimate of drug-likeness (QED) is 0.863. The lowest BCUT2D eigenvalue weighted by molar-refractivity contribution is 0.0909. The molecule has 25 heavy (non-hydrogen) atoms. The van der Waals surface area contributed by atoms with Gasteiger partial charge in [-0.2, -0.15) is 0 Å². The second kappa shape index (κ2) is 8.67. The van der Waals surface area contributed by atoms with Gasteiger partial charge in [0, 0.05) is 19.1 Å². The summed E-state index contributed by atoms with van der Waals surface area (Å²) in [6.07, 6.45) is 3.20. The number of hydrogen-bond acceptors (Lipinski definition) is 3. The van der Waals surface area contributed by atoms with Crippen molar-refractivity contribution in [2.24, 2.45) is 0 Å². The van der Waals surface area contributed by atoms with Gasteiger partial charge >= 0.3 is 0 Å². The van der Waals surface area contributed by atoms with Crippen LogP contribution < -0.4 is 10.1 Å². The summed E-state index contributed by atoms with van der Waals surface area (Å²) < 4.78 is 5.90. The second-order valence-electron chi connectivity index (χ2n) is 6.50. The molecule has 2 aromatic carbocycles. The lowest BCUT2D eigenvalue weighted by atomic mass is 10.0. The van der Waals surface area contributed by atoms with E-state index in [9.17, 15) is 4.79 Å². The Morgan fingerprint density at radius 3 is 2.48 bits per heavy atom. The van der Waals surface area contributed by atoms with Crippen LogP contribution >= 0.6 is 0 Å². The van der Waals surface area contributed by atoms with E-state index in [4.69, 9.17) is 4.74 Å². The number of ether oxygens (including phenoxy) is 1. The first-order valence-corrected chi connectivity index (χ1v) is 9.11. The minimum atomic E-state index is -0.0551. The Morgan fingerprint density at radius 1 is 1.08 bits per heavy atom. The summed E-state index contributed by atoms with van der Waals surface area (Å²) in [6.45, 7) is 5.47. The Morgan fingerprint density at radius 2 is 1.76 bits per heavy atom. The first-order chi connectivity index (χ1) is 12.3. The van der Waals surface area contributed by atoms with Crippen molar-refractivity contribution < 1.29 is 9.53 Å². The van der Waals surface area contributed by atoms with Crippen molar-refractivity contribution in [1.29, 1.82) is 0 Å². The third-order valence-corrected chi connectivity index (χ3v) is 4.57. The number of carbonyl (C=O) groups is 1. The molecule has 1 heterocycles. The van der Waals surface area contributed by atoms with Crippen LogP contribution in [0.5, 0.6) is 11.5 Å². The highest BCUT2D eigenvalue weighted by molar-refractivity contribution is 5.97. The molecule has 0 spiro atoms. The Kier molecular flexibility index (Phi) is 6.07. The molecule has 0 unspecified atom stereocenters. The van der Waals surface area contributed by atoms with E-state index in [-0.39, 0.29) is 11.9 Å². The van der Waals surface area contributed by atoms with Crippen LogP contribution in [-0.4, -0.2) is 36.5 Å². The predicted molar refractivity (Wildman–Crippen MR) is 100 cm³/mol. The Balaban J connectivity index is 1.63. The number of benzene rings is 2. The van der Waals surface area contributed by atoms with E-state index in [1.165, 1.54) is 6.42 Å². The highest BCUT2D eigenvalue weighted by atomic mass is 16.5. The first kappa shape index (κ1) is 17.5. The van der Waals surface area contributed by atoms with Gasteiger partial charge in [-0.3, -0.25) is 4.79 Å². The SMILES string of the molecule is CCCN1CCC(NC(=O)c2ccccc2Oc2ccccc2)CC1. The van der Waals surface area contributed by atoms with E-state index in [0.29, 0.717) is 11.3 Å². The van der Waals surface area contributed by atoms with Gasteiger partial charge in [0.1, 0.15) is 11.5 Å². The van der Waals surface area contributed by atoms with Crippen molar-refractivity contribution in [2.45, 2.75) is 32.2 Å². The van der Waals surface area contributed by atoms with Gasteiger partial charge in [-0.05, 0) is 50.1 Å². The molecule has 0 radical (unpaired) electrons. The summed E-state index contributed by atoms with van der Waals surface area (Å²) in [4.78, 5) is 15.2. The van der Waals surface area contributed by atoms with E-state index >= 15 is 0 Å². The molecule has 2 aromatic rings. The van der Waals surface area contributed by atoms with Gasteiger partial charge in [-0.1, -0.05) is 37.3 Å². The highest BCUT2D eigenvalue weighted by Gasteiger charge is 2.22. The standard InChI is InChI=1S/C21H26N2O2/c1-2-14-23-15-12-17(13-16-23)22-21(24)19-10-6-7-11-20(19)25-18-8-4-3-5-9-18/h3-11,17H,2,12-16H2,1H3,(H,22,24). The minimum absolute atomic E-state index is 0.0551. The molecule has 0 aliphatic carbocycles. The number of para-hydroxylation sites is 2. The van der Waals surface area contributed by atoms with Crippen LogP contribution in [0.25, 0.3) is 0 Å². The zero-order chi connectivity index (χ0) is 17.5. The summed E-state index contributed by atoms with van der Waals surface area (Å²) in [5, 5.41) is 3.18. The topological polar surface area (TPSA) is 41.6 Å². The van der Waals surface area contributed by atoms with E-state index in [1.807, 2.05) is 54.6 Å². The second-order valence-corrected chi connectivity index (χ2v) is 6.50. The molecule has 0 bridgehead atoms. The van der Waals surface area contributed by atoms with Gasteiger partial charge in [0.05, 0.1) is 5.56 Å². The summed E-state index contributed by atoms with van der Waals surface area (Å²) in [6, 6.07) is 17.2. The van der Waals surface area contributed by atoms with Crippen LogP contribution in [0, 0.1) is 0 Å². The maximum absolute atomic E-state index is 12.7. The lowest BCUT2D eigenvalue weighted by Crippen LogP contribution is -2.44. The molecule has 0 atom stereocenters. The Hall–Kier alpha value is -2.33. The fourth-order valence-electron chi connectivity index (χ4n) is 3.24. The molecule has 4 heteroatoms. The summed E-state index contributed by atoms with van der Waals surface area (Å²) >= 11 is 0. The van der Waals surface area contributed by atoms with Crippen molar-refractivity contribution in [3.63, 3.8) is 0 Å².